The molecule has 1 aromatic carbocycles. The first-order valence-electron chi connectivity index (χ1n) is 5.00. The first-order valence-corrected chi connectivity index (χ1v) is 6.18. The molecule has 0 spiro atoms. The molecule has 0 radical (unpaired) electrons. The van der Waals surface area contributed by atoms with Crippen LogP contribution in [0.25, 0.3) is 0 Å². The molecule has 0 bridgehead atoms. The summed E-state index contributed by atoms with van der Waals surface area (Å²) < 4.78 is 6.31. The van der Waals surface area contributed by atoms with Crippen molar-refractivity contribution in [3.05, 3.63) is 51.6 Å². The summed E-state index contributed by atoms with van der Waals surface area (Å²) in [7, 11) is 0. The van der Waals surface area contributed by atoms with Crippen molar-refractivity contribution in [3.8, 4) is 11.6 Å². The molecule has 0 aliphatic heterocycles. The number of nitrogen functional groups attached to an aromatic ring is 1. The summed E-state index contributed by atoms with van der Waals surface area (Å²) in [4.78, 5) is 4.11. The number of nitrogens with one attached hydrogen (secondary N) is 1. The summed E-state index contributed by atoms with van der Waals surface area (Å²) in [5.74, 6) is 0.856. The smallest absolute Gasteiger partial charge is 0.219 e. The molecule has 0 unspecified atom stereocenters. The molecule has 0 aliphatic rings. The summed E-state index contributed by atoms with van der Waals surface area (Å²) in [6.45, 7) is 0. The fourth-order valence-corrected chi connectivity index (χ4v) is 2.06. The fraction of sp³-hybridized carbons (Fsp3) is 0. The first kappa shape index (κ1) is 12.9. The molecule has 1 heterocycles. The van der Waals surface area contributed by atoms with E-state index in [9.17, 15) is 0 Å². The minimum Gasteiger partial charge on any atom is -0.438 e. The third-order valence-electron chi connectivity index (χ3n) is 2.11. The van der Waals surface area contributed by atoms with Gasteiger partial charge in [-0.3, -0.25) is 5.41 Å². The van der Waals surface area contributed by atoms with E-state index in [1.54, 1.807) is 36.4 Å². The highest BCUT2D eigenvalue weighted by Gasteiger charge is 2.06. The van der Waals surface area contributed by atoms with E-state index in [4.69, 9.17) is 27.5 Å². The summed E-state index contributed by atoms with van der Waals surface area (Å²) in [5.41, 5.74) is 5.74. The maximum Gasteiger partial charge on any atom is 0.219 e. The van der Waals surface area contributed by atoms with Crippen molar-refractivity contribution >= 4 is 33.4 Å². The Kier molecular flexibility index (Phi) is 3.84. The Morgan fingerprint density at radius 3 is 2.78 bits per heavy atom. The van der Waals surface area contributed by atoms with Crippen LogP contribution in [0.1, 0.15) is 5.69 Å². The number of nitrogens with zero attached hydrogens (tertiary/aromatic N) is 1. The summed E-state index contributed by atoms with van der Waals surface area (Å²) in [5, 5.41) is 7.93. The molecule has 0 fully saturated rings. The van der Waals surface area contributed by atoms with Gasteiger partial charge in [0.25, 0.3) is 0 Å². The van der Waals surface area contributed by atoms with Gasteiger partial charge in [-0.15, -0.1) is 0 Å². The van der Waals surface area contributed by atoms with E-state index in [0.717, 1.165) is 4.47 Å². The molecule has 0 amide bonds. The average molecular weight is 327 g/mol. The Balaban J connectivity index is 2.28. The number of amidine groups is 1. The van der Waals surface area contributed by atoms with Gasteiger partial charge in [0.2, 0.25) is 5.88 Å². The van der Waals surface area contributed by atoms with Crippen molar-refractivity contribution in [1.82, 2.24) is 4.98 Å². The highest BCUT2D eigenvalue weighted by molar-refractivity contribution is 9.10. The van der Waals surface area contributed by atoms with Crippen molar-refractivity contribution in [1.29, 1.82) is 5.41 Å². The molecule has 2 rings (SSSR count). The van der Waals surface area contributed by atoms with E-state index in [2.05, 4.69) is 20.9 Å². The van der Waals surface area contributed by atoms with Crippen LogP contribution in [0.3, 0.4) is 0 Å². The molecule has 0 aliphatic carbocycles. The highest BCUT2D eigenvalue weighted by atomic mass is 79.9. The lowest BCUT2D eigenvalue weighted by Crippen LogP contribution is -2.13. The van der Waals surface area contributed by atoms with Gasteiger partial charge in [0.05, 0.1) is 4.47 Å². The number of pyridine rings is 1. The van der Waals surface area contributed by atoms with Crippen LogP contribution in [-0.4, -0.2) is 10.8 Å². The van der Waals surface area contributed by atoms with Crippen LogP contribution < -0.4 is 10.5 Å². The predicted octanol–water partition coefficient (Wildman–Crippen LogP) is 3.57. The number of rotatable bonds is 3. The Labute approximate surface area is 117 Å². The van der Waals surface area contributed by atoms with E-state index >= 15 is 0 Å². The number of hydrogen-bond donors (Lipinski definition) is 2. The molecule has 0 atom stereocenters. The van der Waals surface area contributed by atoms with Crippen LogP contribution in [0.5, 0.6) is 11.6 Å². The lowest BCUT2D eigenvalue weighted by Gasteiger charge is -2.08. The summed E-state index contributed by atoms with van der Waals surface area (Å²) in [6.07, 6.45) is 0. The molecule has 92 valence electrons. The zero-order chi connectivity index (χ0) is 13.1. The second-order valence-corrected chi connectivity index (χ2v) is 4.74. The number of hydrogen-bond acceptors (Lipinski definition) is 3. The van der Waals surface area contributed by atoms with Crippen LogP contribution in [-0.2, 0) is 0 Å². The molecule has 2 aromatic rings. The SMILES string of the molecule is N=C(N)c1cccc(Oc2ccc(Cl)cc2Br)n1. The fourth-order valence-electron chi connectivity index (χ4n) is 1.29. The Morgan fingerprint density at radius 2 is 2.11 bits per heavy atom. The van der Waals surface area contributed by atoms with Gasteiger partial charge in [0.1, 0.15) is 17.3 Å². The van der Waals surface area contributed by atoms with E-state index in [0.29, 0.717) is 22.3 Å². The van der Waals surface area contributed by atoms with Crippen molar-refractivity contribution in [2.24, 2.45) is 5.73 Å². The minimum atomic E-state index is -0.101. The molecular formula is C12H9BrClN3O. The van der Waals surface area contributed by atoms with E-state index in [1.165, 1.54) is 0 Å². The normalized spacial score (nSPS) is 10.1. The zero-order valence-electron chi connectivity index (χ0n) is 9.15. The van der Waals surface area contributed by atoms with Gasteiger partial charge in [-0.1, -0.05) is 17.7 Å². The van der Waals surface area contributed by atoms with Crippen LogP contribution in [0.2, 0.25) is 5.02 Å². The largest absolute Gasteiger partial charge is 0.438 e. The zero-order valence-corrected chi connectivity index (χ0v) is 11.5. The third kappa shape index (κ3) is 3.00. The number of nitrogens with two attached hydrogens (primary N) is 1. The molecule has 1 aromatic heterocycles. The lowest BCUT2D eigenvalue weighted by atomic mass is 10.3. The number of halogens is 2. The number of benzene rings is 1. The summed E-state index contributed by atoms with van der Waals surface area (Å²) >= 11 is 9.19. The Bertz CT molecular complexity index is 604. The van der Waals surface area contributed by atoms with Gasteiger partial charge in [0.15, 0.2) is 0 Å². The van der Waals surface area contributed by atoms with Gasteiger partial charge in [0, 0.05) is 11.1 Å². The third-order valence-corrected chi connectivity index (χ3v) is 2.96. The monoisotopic (exact) mass is 325 g/mol. The second-order valence-electron chi connectivity index (χ2n) is 3.45. The quantitative estimate of drug-likeness (QED) is 0.669. The number of ether oxygens (including phenoxy) is 1. The first-order chi connectivity index (χ1) is 8.56. The summed E-state index contributed by atoms with van der Waals surface area (Å²) in [6, 6.07) is 10.2. The van der Waals surface area contributed by atoms with Crippen LogP contribution in [0.15, 0.2) is 40.9 Å². The van der Waals surface area contributed by atoms with Crippen molar-refractivity contribution < 1.29 is 4.74 Å². The maximum absolute atomic E-state index is 7.32. The van der Waals surface area contributed by atoms with Crippen molar-refractivity contribution in [2.45, 2.75) is 0 Å². The highest BCUT2D eigenvalue weighted by Crippen LogP contribution is 2.31. The van der Waals surface area contributed by atoms with E-state index < -0.39 is 0 Å². The van der Waals surface area contributed by atoms with Crippen molar-refractivity contribution in [3.63, 3.8) is 0 Å². The van der Waals surface area contributed by atoms with Gasteiger partial charge >= 0.3 is 0 Å². The Morgan fingerprint density at radius 1 is 1.33 bits per heavy atom. The van der Waals surface area contributed by atoms with Crippen LogP contribution in [0, 0.1) is 5.41 Å². The maximum atomic E-state index is 7.32. The van der Waals surface area contributed by atoms with Gasteiger partial charge in [-0.05, 0) is 40.2 Å². The molecule has 18 heavy (non-hydrogen) atoms. The predicted molar refractivity (Wildman–Crippen MR) is 74.5 cm³/mol. The average Bonchev–Trinajstić information content (AvgIpc) is 2.33. The number of aromatic nitrogens is 1. The second kappa shape index (κ2) is 5.37. The van der Waals surface area contributed by atoms with Gasteiger partial charge in [-0.2, -0.15) is 0 Å². The molecule has 4 nitrogen and oxygen atoms in total. The molecular weight excluding hydrogens is 318 g/mol. The lowest BCUT2D eigenvalue weighted by molar-refractivity contribution is 0.460. The van der Waals surface area contributed by atoms with E-state index in [-0.39, 0.29) is 5.84 Å². The minimum absolute atomic E-state index is 0.101. The molecule has 6 heteroatoms. The van der Waals surface area contributed by atoms with Crippen LogP contribution >= 0.6 is 27.5 Å². The van der Waals surface area contributed by atoms with Crippen LogP contribution in [0.4, 0.5) is 0 Å². The van der Waals surface area contributed by atoms with E-state index in [1.807, 2.05) is 0 Å². The molecule has 0 saturated carbocycles. The topological polar surface area (TPSA) is 72.0 Å². The molecule has 3 N–H and O–H groups in total. The standard InChI is InChI=1S/C12H9BrClN3O/c13-8-6-7(14)4-5-10(8)18-11-3-1-2-9(17-11)12(15)16/h1-6H,(H3,15,16). The van der Waals surface area contributed by atoms with Gasteiger partial charge in [-0.25, -0.2) is 4.98 Å². The van der Waals surface area contributed by atoms with Gasteiger partial charge < -0.3 is 10.5 Å². The Hall–Kier alpha value is -1.59. The molecule has 0 saturated heterocycles. The van der Waals surface area contributed by atoms with Crippen molar-refractivity contribution in [2.75, 3.05) is 0 Å².